The van der Waals surface area contributed by atoms with Crippen LogP contribution in [0, 0.1) is 0 Å². The molecule has 1 aliphatic rings. The van der Waals surface area contributed by atoms with E-state index < -0.39 is 0 Å². The Hall–Kier alpha value is -2.83. The molecule has 0 saturated carbocycles. The minimum atomic E-state index is -0.299. The average Bonchev–Trinajstić information content (AvgIpc) is 2.69. The monoisotopic (exact) mass is 355 g/mol. The number of anilines is 2. The highest BCUT2D eigenvalue weighted by molar-refractivity contribution is 5.90. The number of rotatable bonds is 6. The van der Waals surface area contributed by atoms with Crippen molar-refractivity contribution in [1.29, 1.82) is 0 Å². The molecule has 0 bridgehead atoms. The van der Waals surface area contributed by atoms with Crippen LogP contribution in [-0.4, -0.2) is 35.7 Å². The molecule has 2 aromatic rings. The number of pyridine rings is 2. The summed E-state index contributed by atoms with van der Waals surface area (Å²) in [4.78, 5) is 23.2. The zero-order valence-electron chi connectivity index (χ0n) is 15.1. The lowest BCUT2D eigenvalue weighted by molar-refractivity contribution is 0.251. The van der Waals surface area contributed by atoms with E-state index in [1.54, 1.807) is 24.5 Å². The largest absolute Gasteiger partial charge is 0.476 e. The number of carbonyl (C=O) groups is 1. The van der Waals surface area contributed by atoms with Gasteiger partial charge < -0.3 is 20.3 Å². The summed E-state index contributed by atoms with van der Waals surface area (Å²) in [5, 5.41) is 5.69. The molecule has 1 saturated heterocycles. The summed E-state index contributed by atoms with van der Waals surface area (Å²) in [5.41, 5.74) is 1.56. The molecule has 0 radical (unpaired) electrons. The van der Waals surface area contributed by atoms with E-state index >= 15 is 0 Å². The van der Waals surface area contributed by atoms with E-state index in [0.717, 1.165) is 24.5 Å². The van der Waals surface area contributed by atoms with E-state index in [9.17, 15) is 4.79 Å². The van der Waals surface area contributed by atoms with Crippen molar-refractivity contribution in [2.45, 2.75) is 32.7 Å². The van der Waals surface area contributed by atoms with Gasteiger partial charge in [0.25, 0.3) is 0 Å². The Kier molecular flexibility index (Phi) is 6.24. The maximum absolute atomic E-state index is 12.3. The van der Waals surface area contributed by atoms with Crippen molar-refractivity contribution in [3.63, 3.8) is 0 Å². The second-order valence-electron chi connectivity index (χ2n) is 6.13. The predicted octanol–water partition coefficient (Wildman–Crippen LogP) is 3.19. The second kappa shape index (κ2) is 9.03. The fourth-order valence-electron chi connectivity index (χ4n) is 3.04. The fourth-order valence-corrected chi connectivity index (χ4v) is 3.04. The van der Waals surface area contributed by atoms with Gasteiger partial charge >= 0.3 is 6.03 Å². The molecule has 7 heteroatoms. The first-order valence-electron chi connectivity index (χ1n) is 9.09. The van der Waals surface area contributed by atoms with Gasteiger partial charge in [0, 0.05) is 37.6 Å². The van der Waals surface area contributed by atoms with Gasteiger partial charge in [-0.1, -0.05) is 6.07 Å². The van der Waals surface area contributed by atoms with Gasteiger partial charge in [0.05, 0.1) is 6.61 Å². The normalized spacial score (nSPS) is 14.0. The molecule has 2 N–H and O–H groups in total. The van der Waals surface area contributed by atoms with Crippen LogP contribution in [0.3, 0.4) is 0 Å². The van der Waals surface area contributed by atoms with Crippen molar-refractivity contribution in [3.8, 4) is 5.88 Å². The molecular weight excluding hydrogens is 330 g/mol. The zero-order valence-corrected chi connectivity index (χ0v) is 15.1. The summed E-state index contributed by atoms with van der Waals surface area (Å²) in [7, 11) is 0. The van der Waals surface area contributed by atoms with E-state index in [1.165, 1.54) is 19.3 Å². The van der Waals surface area contributed by atoms with Crippen LogP contribution in [0.15, 0.2) is 36.7 Å². The summed E-state index contributed by atoms with van der Waals surface area (Å²) in [6, 6.07) is 7.13. The number of carbonyl (C=O) groups excluding carboxylic acids is 1. The van der Waals surface area contributed by atoms with Crippen LogP contribution in [0.2, 0.25) is 0 Å². The molecular formula is C19H25N5O2. The third kappa shape index (κ3) is 4.62. The maximum Gasteiger partial charge on any atom is 0.319 e. The molecule has 0 aromatic carbocycles. The van der Waals surface area contributed by atoms with E-state index in [0.29, 0.717) is 24.7 Å². The summed E-state index contributed by atoms with van der Waals surface area (Å²) in [6.07, 6.45) is 7.08. The number of urea groups is 1. The first kappa shape index (κ1) is 18.0. The number of ether oxygens (including phenoxy) is 1. The molecule has 138 valence electrons. The van der Waals surface area contributed by atoms with Gasteiger partial charge in [-0.25, -0.2) is 14.8 Å². The van der Waals surface area contributed by atoms with Gasteiger partial charge in [0.15, 0.2) is 0 Å². The summed E-state index contributed by atoms with van der Waals surface area (Å²) in [5.74, 6) is 1.38. The van der Waals surface area contributed by atoms with Crippen LogP contribution in [0.4, 0.5) is 16.3 Å². The molecule has 2 amide bonds. The smallest absolute Gasteiger partial charge is 0.319 e. The molecule has 1 fully saturated rings. The Labute approximate surface area is 153 Å². The number of hydrogen-bond donors (Lipinski definition) is 2. The highest BCUT2D eigenvalue weighted by atomic mass is 16.5. The van der Waals surface area contributed by atoms with E-state index in [-0.39, 0.29) is 6.03 Å². The van der Waals surface area contributed by atoms with Crippen LogP contribution in [-0.2, 0) is 6.54 Å². The lowest BCUT2D eigenvalue weighted by Gasteiger charge is -2.29. The summed E-state index contributed by atoms with van der Waals surface area (Å²) < 4.78 is 5.43. The lowest BCUT2D eigenvalue weighted by atomic mass is 10.1. The van der Waals surface area contributed by atoms with Crippen LogP contribution in [0.5, 0.6) is 5.88 Å². The van der Waals surface area contributed by atoms with Crippen molar-refractivity contribution < 1.29 is 9.53 Å². The van der Waals surface area contributed by atoms with Gasteiger partial charge in [-0.05, 0) is 44.4 Å². The third-order valence-corrected chi connectivity index (χ3v) is 4.26. The Morgan fingerprint density at radius 2 is 1.92 bits per heavy atom. The quantitative estimate of drug-likeness (QED) is 0.832. The van der Waals surface area contributed by atoms with Gasteiger partial charge in [-0.3, -0.25) is 0 Å². The number of amides is 2. The molecule has 26 heavy (non-hydrogen) atoms. The molecule has 3 rings (SSSR count). The molecule has 0 spiro atoms. The van der Waals surface area contributed by atoms with Crippen LogP contribution < -0.4 is 20.3 Å². The lowest BCUT2D eigenvalue weighted by Crippen LogP contribution is -2.33. The van der Waals surface area contributed by atoms with Crippen LogP contribution >= 0.6 is 0 Å². The summed E-state index contributed by atoms with van der Waals surface area (Å²) >= 11 is 0. The van der Waals surface area contributed by atoms with Crippen LogP contribution in [0.25, 0.3) is 0 Å². The van der Waals surface area contributed by atoms with E-state index in [1.807, 2.05) is 19.1 Å². The molecule has 2 aromatic heterocycles. The number of piperidine rings is 1. The minimum absolute atomic E-state index is 0.299. The Balaban J connectivity index is 1.62. The average molecular weight is 355 g/mol. The Morgan fingerprint density at radius 3 is 2.73 bits per heavy atom. The molecule has 7 nitrogen and oxygen atoms in total. The number of aromatic nitrogens is 2. The fraction of sp³-hybridized carbons (Fsp3) is 0.421. The first-order chi connectivity index (χ1) is 12.8. The number of nitrogens with zero attached hydrogens (tertiary/aromatic N) is 3. The highest BCUT2D eigenvalue weighted by Gasteiger charge is 2.16. The molecule has 0 aliphatic carbocycles. The van der Waals surface area contributed by atoms with Gasteiger partial charge in [0.2, 0.25) is 5.88 Å². The highest BCUT2D eigenvalue weighted by Crippen LogP contribution is 2.22. The second-order valence-corrected chi connectivity index (χ2v) is 6.13. The molecule has 0 atom stereocenters. The van der Waals surface area contributed by atoms with Crippen molar-refractivity contribution in [3.05, 3.63) is 42.2 Å². The van der Waals surface area contributed by atoms with Crippen molar-refractivity contribution in [2.24, 2.45) is 0 Å². The Bertz CT molecular complexity index is 731. The van der Waals surface area contributed by atoms with E-state index in [4.69, 9.17) is 4.74 Å². The summed E-state index contributed by atoms with van der Waals surface area (Å²) in [6.45, 7) is 4.81. The maximum atomic E-state index is 12.3. The Morgan fingerprint density at radius 1 is 1.15 bits per heavy atom. The van der Waals surface area contributed by atoms with Crippen LogP contribution in [0.1, 0.15) is 31.7 Å². The van der Waals surface area contributed by atoms with E-state index in [2.05, 4.69) is 25.5 Å². The number of nitrogens with one attached hydrogen (secondary N) is 2. The van der Waals surface area contributed by atoms with Crippen molar-refractivity contribution in [2.75, 3.05) is 29.9 Å². The topological polar surface area (TPSA) is 79.4 Å². The number of hydrogen-bond acceptors (Lipinski definition) is 5. The molecule has 1 aliphatic heterocycles. The first-order valence-corrected chi connectivity index (χ1v) is 9.09. The zero-order chi connectivity index (χ0) is 18.2. The molecule has 0 unspecified atom stereocenters. The van der Waals surface area contributed by atoms with Crippen molar-refractivity contribution >= 4 is 17.5 Å². The van der Waals surface area contributed by atoms with Gasteiger partial charge in [-0.2, -0.15) is 0 Å². The predicted molar refractivity (Wildman–Crippen MR) is 102 cm³/mol. The molecule has 3 heterocycles. The van der Waals surface area contributed by atoms with Crippen molar-refractivity contribution in [1.82, 2.24) is 15.3 Å². The van der Waals surface area contributed by atoms with Gasteiger partial charge in [-0.15, -0.1) is 0 Å². The standard InChI is InChI=1S/C19H25N5O2/c1-2-26-18-16(9-7-11-21-18)23-19(25)22-14-15-8-6-10-20-17(15)24-12-4-3-5-13-24/h6-11H,2-5,12-14H2,1H3,(H2,22,23,25). The SMILES string of the molecule is CCOc1ncccc1NC(=O)NCc1cccnc1N1CCCCC1. The minimum Gasteiger partial charge on any atom is -0.476 e. The third-order valence-electron chi connectivity index (χ3n) is 4.26. The van der Waals surface area contributed by atoms with Gasteiger partial charge in [0.1, 0.15) is 11.5 Å².